The molecule has 1 amide bonds. The average molecular weight is 294 g/mol. The highest BCUT2D eigenvalue weighted by molar-refractivity contribution is 9.10. The summed E-state index contributed by atoms with van der Waals surface area (Å²) in [5, 5.41) is 3.01. The summed E-state index contributed by atoms with van der Waals surface area (Å²) in [7, 11) is 0. The Bertz CT molecular complexity index is 471. The molecule has 3 rings (SSSR count). The van der Waals surface area contributed by atoms with Crippen LogP contribution in [0.3, 0.4) is 0 Å². The smallest absolute Gasteiger partial charge is 0.232 e. The number of carbonyl (C=O) groups is 1. The van der Waals surface area contributed by atoms with Gasteiger partial charge in [0.25, 0.3) is 0 Å². The molecule has 1 aromatic rings. The molecule has 0 saturated heterocycles. The van der Waals surface area contributed by atoms with Crippen LogP contribution in [0.1, 0.15) is 37.7 Å². The van der Waals surface area contributed by atoms with Crippen LogP contribution in [0.15, 0.2) is 22.7 Å². The van der Waals surface area contributed by atoms with Crippen LogP contribution >= 0.6 is 15.9 Å². The van der Waals surface area contributed by atoms with Gasteiger partial charge in [-0.2, -0.15) is 0 Å². The van der Waals surface area contributed by atoms with E-state index in [1.165, 1.54) is 24.8 Å². The lowest BCUT2D eigenvalue weighted by molar-refractivity contribution is -0.118. The van der Waals surface area contributed by atoms with Crippen molar-refractivity contribution in [3.63, 3.8) is 0 Å². The summed E-state index contributed by atoms with van der Waals surface area (Å²) < 4.78 is 1.06. The molecule has 0 bridgehead atoms. The van der Waals surface area contributed by atoms with Crippen LogP contribution in [0, 0.1) is 11.8 Å². The van der Waals surface area contributed by atoms with Gasteiger partial charge in [0.1, 0.15) is 0 Å². The minimum absolute atomic E-state index is 0.0694. The number of amides is 1. The highest BCUT2D eigenvalue weighted by Gasteiger charge is 2.40. The molecule has 3 heteroatoms. The molecular formula is C14H16BrNO. The lowest BCUT2D eigenvalue weighted by atomic mass is 9.81. The van der Waals surface area contributed by atoms with Crippen LogP contribution in [0.4, 0.5) is 5.69 Å². The maximum atomic E-state index is 12.1. The highest BCUT2D eigenvalue weighted by atomic mass is 79.9. The van der Waals surface area contributed by atoms with Gasteiger partial charge in [-0.05, 0) is 42.0 Å². The first-order valence-corrected chi connectivity index (χ1v) is 7.06. The molecule has 0 aromatic heterocycles. The van der Waals surface area contributed by atoms with Gasteiger partial charge in [0, 0.05) is 10.2 Å². The minimum atomic E-state index is 0.0694. The van der Waals surface area contributed by atoms with E-state index in [4.69, 9.17) is 0 Å². The Morgan fingerprint density at radius 2 is 2.18 bits per heavy atom. The molecule has 2 aliphatic rings. The van der Waals surface area contributed by atoms with E-state index in [-0.39, 0.29) is 11.8 Å². The Balaban J connectivity index is 2.01. The van der Waals surface area contributed by atoms with E-state index in [9.17, 15) is 4.79 Å². The van der Waals surface area contributed by atoms with Crippen LogP contribution < -0.4 is 5.32 Å². The summed E-state index contributed by atoms with van der Waals surface area (Å²) in [6, 6.07) is 6.08. The Kier molecular flexibility index (Phi) is 2.74. The van der Waals surface area contributed by atoms with Crippen molar-refractivity contribution in [3.8, 4) is 0 Å². The third-order valence-electron chi connectivity index (χ3n) is 4.24. The maximum Gasteiger partial charge on any atom is 0.232 e. The minimum Gasteiger partial charge on any atom is -0.325 e. The molecule has 17 heavy (non-hydrogen) atoms. The van der Waals surface area contributed by atoms with E-state index >= 15 is 0 Å². The summed E-state index contributed by atoms with van der Waals surface area (Å²) in [5.41, 5.74) is 2.19. The SMILES string of the molecule is CC1CCCC1C1C(=O)Nc2ccc(Br)cc21. The van der Waals surface area contributed by atoms with Crippen LogP contribution in [-0.4, -0.2) is 5.91 Å². The van der Waals surface area contributed by atoms with E-state index in [0.29, 0.717) is 11.8 Å². The summed E-state index contributed by atoms with van der Waals surface area (Å²) in [6.07, 6.45) is 3.71. The topological polar surface area (TPSA) is 29.1 Å². The normalized spacial score (nSPS) is 31.4. The van der Waals surface area contributed by atoms with E-state index in [0.717, 1.165) is 10.2 Å². The number of carbonyl (C=O) groups excluding carboxylic acids is 1. The molecule has 1 N–H and O–H groups in total. The van der Waals surface area contributed by atoms with Crippen molar-refractivity contribution in [1.82, 2.24) is 0 Å². The number of rotatable bonds is 1. The quantitative estimate of drug-likeness (QED) is 0.835. The van der Waals surface area contributed by atoms with E-state index in [2.05, 4.69) is 34.2 Å². The van der Waals surface area contributed by atoms with Gasteiger partial charge in [0.2, 0.25) is 5.91 Å². The number of hydrogen-bond donors (Lipinski definition) is 1. The van der Waals surface area contributed by atoms with E-state index in [1.807, 2.05) is 12.1 Å². The van der Waals surface area contributed by atoms with Crippen molar-refractivity contribution < 1.29 is 4.79 Å². The summed E-state index contributed by atoms with van der Waals surface area (Å²) in [5.74, 6) is 1.44. The van der Waals surface area contributed by atoms with Gasteiger partial charge in [-0.25, -0.2) is 0 Å². The predicted molar refractivity (Wildman–Crippen MR) is 72.0 cm³/mol. The molecular weight excluding hydrogens is 278 g/mol. The van der Waals surface area contributed by atoms with Gasteiger partial charge in [-0.1, -0.05) is 35.7 Å². The zero-order valence-corrected chi connectivity index (χ0v) is 11.5. The second-order valence-electron chi connectivity index (χ2n) is 5.27. The molecule has 1 aliphatic heterocycles. The first-order valence-electron chi connectivity index (χ1n) is 6.27. The number of hydrogen-bond acceptors (Lipinski definition) is 1. The lowest BCUT2D eigenvalue weighted by Crippen LogP contribution is -2.22. The third kappa shape index (κ3) is 1.81. The number of halogens is 1. The predicted octanol–water partition coefficient (Wildman–Crippen LogP) is 3.92. The van der Waals surface area contributed by atoms with Crippen molar-refractivity contribution in [3.05, 3.63) is 28.2 Å². The van der Waals surface area contributed by atoms with Crippen molar-refractivity contribution in [2.24, 2.45) is 11.8 Å². The number of anilines is 1. The largest absolute Gasteiger partial charge is 0.325 e. The first kappa shape index (κ1) is 11.3. The molecule has 0 spiro atoms. The second-order valence-corrected chi connectivity index (χ2v) is 6.19. The fraction of sp³-hybridized carbons (Fsp3) is 0.500. The number of benzene rings is 1. The van der Waals surface area contributed by atoms with Crippen molar-refractivity contribution >= 4 is 27.5 Å². The molecule has 1 saturated carbocycles. The van der Waals surface area contributed by atoms with Crippen LogP contribution in [0.2, 0.25) is 0 Å². The third-order valence-corrected chi connectivity index (χ3v) is 4.74. The molecule has 3 unspecified atom stereocenters. The fourth-order valence-electron chi connectivity index (χ4n) is 3.35. The van der Waals surface area contributed by atoms with Crippen molar-refractivity contribution in [1.29, 1.82) is 0 Å². The summed E-state index contributed by atoms with van der Waals surface area (Å²) in [4.78, 5) is 12.1. The zero-order valence-electron chi connectivity index (χ0n) is 9.87. The fourth-order valence-corrected chi connectivity index (χ4v) is 3.73. The molecule has 2 nitrogen and oxygen atoms in total. The first-order chi connectivity index (χ1) is 8.16. The molecule has 1 aliphatic carbocycles. The maximum absolute atomic E-state index is 12.1. The van der Waals surface area contributed by atoms with E-state index in [1.54, 1.807) is 0 Å². The molecule has 1 aromatic carbocycles. The molecule has 1 fully saturated rings. The van der Waals surface area contributed by atoms with Crippen LogP contribution in [0.5, 0.6) is 0 Å². The Hall–Kier alpha value is -0.830. The number of fused-ring (bicyclic) bond motifs is 1. The Labute approximate surface area is 110 Å². The molecule has 90 valence electrons. The molecule has 3 atom stereocenters. The molecule has 1 heterocycles. The highest BCUT2D eigenvalue weighted by Crippen LogP contribution is 2.47. The zero-order chi connectivity index (χ0) is 12.0. The van der Waals surface area contributed by atoms with Gasteiger partial charge in [-0.15, -0.1) is 0 Å². The Morgan fingerprint density at radius 3 is 2.88 bits per heavy atom. The van der Waals surface area contributed by atoms with Crippen LogP contribution in [-0.2, 0) is 4.79 Å². The number of nitrogens with one attached hydrogen (secondary N) is 1. The monoisotopic (exact) mass is 293 g/mol. The lowest BCUT2D eigenvalue weighted by Gasteiger charge is -2.21. The average Bonchev–Trinajstić information content (AvgIpc) is 2.81. The summed E-state index contributed by atoms with van der Waals surface area (Å²) in [6.45, 7) is 2.28. The van der Waals surface area contributed by atoms with Gasteiger partial charge >= 0.3 is 0 Å². The van der Waals surface area contributed by atoms with E-state index < -0.39 is 0 Å². The van der Waals surface area contributed by atoms with Gasteiger partial charge in [0.15, 0.2) is 0 Å². The standard InChI is InChI=1S/C14H16BrNO/c1-8-3-2-4-10(8)13-11-7-9(15)5-6-12(11)16-14(13)17/h5-8,10,13H,2-4H2,1H3,(H,16,17). The summed E-state index contributed by atoms with van der Waals surface area (Å²) >= 11 is 3.50. The van der Waals surface area contributed by atoms with Crippen molar-refractivity contribution in [2.45, 2.75) is 32.1 Å². The van der Waals surface area contributed by atoms with Gasteiger partial charge < -0.3 is 5.32 Å². The van der Waals surface area contributed by atoms with Gasteiger partial charge in [0.05, 0.1) is 5.92 Å². The van der Waals surface area contributed by atoms with Gasteiger partial charge in [-0.3, -0.25) is 4.79 Å². The van der Waals surface area contributed by atoms with Crippen LogP contribution in [0.25, 0.3) is 0 Å². The Morgan fingerprint density at radius 1 is 1.35 bits per heavy atom. The van der Waals surface area contributed by atoms with Crippen molar-refractivity contribution in [2.75, 3.05) is 5.32 Å². The second kappa shape index (κ2) is 4.13. The molecule has 0 radical (unpaired) electrons.